The van der Waals surface area contributed by atoms with Crippen molar-refractivity contribution in [3.8, 4) is 0 Å². The van der Waals surface area contributed by atoms with Crippen LogP contribution in [0.15, 0.2) is 30.0 Å². The Balaban J connectivity index is 1.90. The number of ether oxygens (including phenoxy) is 2. The Morgan fingerprint density at radius 1 is 1.06 bits per heavy atom. The molecule has 0 N–H and O–H groups in total. The summed E-state index contributed by atoms with van der Waals surface area (Å²) in [7, 11) is 0. The monoisotopic (exact) mass is 447 g/mol. The molecule has 2 fully saturated rings. The van der Waals surface area contributed by atoms with Gasteiger partial charge in [-0.2, -0.15) is 0 Å². The third-order valence-corrected chi connectivity index (χ3v) is 5.49. The number of halogens is 1. The van der Waals surface area contributed by atoms with Crippen LogP contribution in [0.5, 0.6) is 0 Å². The fourth-order valence-corrected chi connectivity index (χ4v) is 3.66. The number of piperazine rings is 1. The number of benzene rings is 1. The molecule has 2 aliphatic rings. The maximum Gasteiger partial charge on any atom is 0.347 e. The van der Waals surface area contributed by atoms with Crippen LogP contribution >= 0.6 is 0 Å². The molecule has 1 saturated heterocycles. The number of carbonyl (C=O) groups is 3. The molecular weight excluding hydrogens is 417 g/mol. The molecule has 1 aliphatic carbocycles. The number of rotatable bonds is 8. The van der Waals surface area contributed by atoms with Crippen LogP contribution in [0.25, 0.3) is 0 Å². The standard InChI is InChI=1S/C23H30FN3O5/c1-4-31-22(29)19(23(30)32-5-2)15-27(17-6-7-17)18-8-9-20(24)21(14-18)26-12-10-25(11-13-26)16(3)28/h8-9,14-15,17H,4-7,10-13H2,1-3H3. The van der Waals surface area contributed by atoms with Gasteiger partial charge in [0.05, 0.1) is 18.9 Å². The zero-order valence-corrected chi connectivity index (χ0v) is 18.8. The molecule has 0 spiro atoms. The van der Waals surface area contributed by atoms with Crippen LogP contribution in [0, 0.1) is 5.82 Å². The second-order valence-electron chi connectivity index (χ2n) is 7.75. The minimum absolute atomic E-state index is 0.00868. The van der Waals surface area contributed by atoms with E-state index in [-0.39, 0.29) is 36.6 Å². The van der Waals surface area contributed by atoms with Gasteiger partial charge in [-0.25, -0.2) is 14.0 Å². The third kappa shape index (κ3) is 5.57. The fraction of sp³-hybridized carbons (Fsp3) is 0.522. The average Bonchev–Trinajstić information content (AvgIpc) is 3.60. The number of amides is 1. The van der Waals surface area contributed by atoms with Crippen LogP contribution in [0.3, 0.4) is 0 Å². The Morgan fingerprint density at radius 3 is 2.16 bits per heavy atom. The van der Waals surface area contributed by atoms with Crippen molar-refractivity contribution >= 4 is 29.2 Å². The first kappa shape index (κ1) is 23.6. The van der Waals surface area contributed by atoms with Gasteiger partial charge in [0.1, 0.15) is 5.82 Å². The maximum atomic E-state index is 14.7. The van der Waals surface area contributed by atoms with Crippen LogP contribution in [-0.4, -0.2) is 68.2 Å². The van der Waals surface area contributed by atoms with Crippen molar-refractivity contribution < 1.29 is 28.2 Å². The summed E-state index contributed by atoms with van der Waals surface area (Å²) in [6.45, 7) is 7.22. The lowest BCUT2D eigenvalue weighted by atomic mass is 10.2. The van der Waals surface area contributed by atoms with Gasteiger partial charge in [-0.3, -0.25) is 4.79 Å². The molecular formula is C23H30FN3O5. The maximum absolute atomic E-state index is 14.7. The van der Waals surface area contributed by atoms with Gasteiger partial charge in [-0.05, 0) is 44.9 Å². The minimum atomic E-state index is -0.751. The van der Waals surface area contributed by atoms with Crippen molar-refractivity contribution in [2.24, 2.45) is 0 Å². The van der Waals surface area contributed by atoms with Crippen LogP contribution in [-0.2, 0) is 23.9 Å². The summed E-state index contributed by atoms with van der Waals surface area (Å²) < 4.78 is 24.8. The molecule has 1 aliphatic heterocycles. The highest BCUT2D eigenvalue weighted by Gasteiger charge is 2.32. The molecule has 1 saturated carbocycles. The van der Waals surface area contributed by atoms with E-state index in [2.05, 4.69) is 0 Å². The first-order valence-electron chi connectivity index (χ1n) is 11.0. The number of carbonyl (C=O) groups excluding carboxylic acids is 3. The van der Waals surface area contributed by atoms with Crippen LogP contribution < -0.4 is 9.80 Å². The van der Waals surface area contributed by atoms with E-state index in [9.17, 15) is 18.8 Å². The molecule has 1 aromatic rings. The van der Waals surface area contributed by atoms with E-state index in [1.54, 1.807) is 30.9 Å². The van der Waals surface area contributed by atoms with E-state index in [1.165, 1.54) is 19.2 Å². The topological polar surface area (TPSA) is 79.4 Å². The van der Waals surface area contributed by atoms with Gasteiger partial charge in [0, 0.05) is 51.0 Å². The molecule has 8 nitrogen and oxygen atoms in total. The predicted molar refractivity (Wildman–Crippen MR) is 118 cm³/mol. The summed E-state index contributed by atoms with van der Waals surface area (Å²) in [5.41, 5.74) is 0.907. The van der Waals surface area contributed by atoms with E-state index < -0.39 is 11.9 Å². The SMILES string of the molecule is CCOC(=O)C(=CN(c1ccc(F)c(N2CCN(C(C)=O)CC2)c1)C1CC1)C(=O)OCC. The largest absolute Gasteiger partial charge is 0.462 e. The Hall–Kier alpha value is -3.10. The summed E-state index contributed by atoms with van der Waals surface area (Å²) in [5.74, 6) is -1.85. The van der Waals surface area contributed by atoms with Gasteiger partial charge in [-0.1, -0.05) is 0 Å². The molecule has 0 atom stereocenters. The van der Waals surface area contributed by atoms with E-state index in [4.69, 9.17) is 9.47 Å². The Morgan fingerprint density at radius 2 is 1.66 bits per heavy atom. The highest BCUT2D eigenvalue weighted by atomic mass is 19.1. The van der Waals surface area contributed by atoms with E-state index in [0.717, 1.165) is 12.8 Å². The number of nitrogens with zero attached hydrogens (tertiary/aromatic N) is 3. The first-order valence-corrected chi connectivity index (χ1v) is 11.0. The predicted octanol–water partition coefficient (Wildman–Crippen LogP) is 2.47. The quantitative estimate of drug-likeness (QED) is 0.262. The molecule has 174 valence electrons. The molecule has 0 radical (unpaired) electrons. The van der Waals surface area contributed by atoms with Gasteiger partial charge in [0.2, 0.25) is 5.91 Å². The lowest BCUT2D eigenvalue weighted by Crippen LogP contribution is -2.48. The minimum Gasteiger partial charge on any atom is -0.462 e. The van der Waals surface area contributed by atoms with E-state index in [1.807, 2.05) is 9.80 Å². The van der Waals surface area contributed by atoms with Crippen LogP contribution in [0.1, 0.15) is 33.6 Å². The van der Waals surface area contributed by atoms with Crippen LogP contribution in [0.4, 0.5) is 15.8 Å². The molecule has 0 bridgehead atoms. The number of anilines is 2. The second-order valence-corrected chi connectivity index (χ2v) is 7.75. The number of hydrogen-bond acceptors (Lipinski definition) is 7. The van der Waals surface area contributed by atoms with E-state index >= 15 is 0 Å². The second kappa shape index (κ2) is 10.5. The Labute approximate surface area is 187 Å². The van der Waals surface area contributed by atoms with Gasteiger partial charge in [0.15, 0.2) is 5.57 Å². The number of esters is 2. The summed E-state index contributed by atoms with van der Waals surface area (Å²) in [5, 5.41) is 0. The molecule has 0 unspecified atom stereocenters. The van der Waals surface area contributed by atoms with Crippen molar-refractivity contribution in [1.82, 2.24) is 4.90 Å². The third-order valence-electron chi connectivity index (χ3n) is 5.49. The van der Waals surface area contributed by atoms with Crippen molar-refractivity contribution in [2.75, 3.05) is 49.2 Å². The highest BCUT2D eigenvalue weighted by molar-refractivity contribution is 6.14. The average molecular weight is 448 g/mol. The van der Waals surface area contributed by atoms with Gasteiger partial charge < -0.3 is 24.2 Å². The van der Waals surface area contributed by atoms with Crippen LogP contribution in [0.2, 0.25) is 0 Å². The molecule has 9 heteroatoms. The first-order chi connectivity index (χ1) is 15.3. The van der Waals surface area contributed by atoms with Crippen molar-refractivity contribution in [1.29, 1.82) is 0 Å². The summed E-state index contributed by atoms with van der Waals surface area (Å²) in [4.78, 5) is 41.9. The lowest BCUT2D eigenvalue weighted by Gasteiger charge is -2.36. The van der Waals surface area contributed by atoms with Gasteiger partial charge >= 0.3 is 11.9 Å². The number of hydrogen-bond donors (Lipinski definition) is 0. The summed E-state index contributed by atoms with van der Waals surface area (Å²) in [6.07, 6.45) is 3.23. The normalized spacial score (nSPS) is 15.8. The molecule has 32 heavy (non-hydrogen) atoms. The summed E-state index contributed by atoms with van der Waals surface area (Å²) >= 11 is 0. The van der Waals surface area contributed by atoms with Gasteiger partial charge in [0.25, 0.3) is 0 Å². The van der Waals surface area contributed by atoms with Crippen molar-refractivity contribution in [2.45, 2.75) is 39.7 Å². The fourth-order valence-electron chi connectivity index (χ4n) is 3.66. The Bertz CT molecular complexity index is 872. The summed E-state index contributed by atoms with van der Waals surface area (Å²) in [6, 6.07) is 4.84. The molecule has 1 amide bonds. The van der Waals surface area contributed by atoms with Crippen molar-refractivity contribution in [3.05, 3.63) is 35.8 Å². The lowest BCUT2D eigenvalue weighted by molar-refractivity contribution is -0.146. The molecule has 3 rings (SSSR count). The highest BCUT2D eigenvalue weighted by Crippen LogP contribution is 2.35. The van der Waals surface area contributed by atoms with Crippen molar-refractivity contribution in [3.63, 3.8) is 0 Å². The van der Waals surface area contributed by atoms with Gasteiger partial charge in [-0.15, -0.1) is 0 Å². The smallest absolute Gasteiger partial charge is 0.347 e. The molecule has 1 heterocycles. The van der Waals surface area contributed by atoms with E-state index in [0.29, 0.717) is 37.6 Å². The molecule has 1 aromatic carbocycles. The zero-order valence-electron chi connectivity index (χ0n) is 18.8. The molecule has 0 aromatic heterocycles. The zero-order chi connectivity index (χ0) is 23.3. The Kier molecular flexibility index (Phi) is 7.71.